The van der Waals surface area contributed by atoms with Crippen LogP contribution in [0.4, 0.5) is 5.69 Å². The minimum Gasteiger partial charge on any atom is -0.323 e. The van der Waals surface area contributed by atoms with Gasteiger partial charge in [0.2, 0.25) is 5.91 Å². The summed E-state index contributed by atoms with van der Waals surface area (Å²) in [6.45, 7) is 4.08. The molecule has 1 aromatic rings. The van der Waals surface area contributed by atoms with Crippen LogP contribution in [0, 0.1) is 5.92 Å². The van der Waals surface area contributed by atoms with E-state index in [1.54, 1.807) is 24.5 Å². The second kappa shape index (κ2) is 5.46. The first-order chi connectivity index (χ1) is 7.09. The van der Waals surface area contributed by atoms with Gasteiger partial charge in [-0.05, 0) is 24.5 Å². The molecule has 0 bridgehead atoms. The van der Waals surface area contributed by atoms with Crippen molar-refractivity contribution in [1.29, 1.82) is 0 Å². The summed E-state index contributed by atoms with van der Waals surface area (Å²) in [6, 6.07) is 3.10. The molecule has 0 saturated carbocycles. The Labute approximate surface area is 89.9 Å². The topological polar surface area (TPSA) is 68.0 Å². The Morgan fingerprint density at radius 3 is 2.87 bits per heavy atom. The highest BCUT2D eigenvalue weighted by molar-refractivity contribution is 5.94. The standard InChI is InChI=1S/C11H17N3O/c1-8(2)6-10(12)11(15)14-9-4-3-5-13-7-9/h3-5,7-8,10H,6,12H2,1-2H3,(H,14,15)/t10-/m1/s1. The van der Waals surface area contributed by atoms with Gasteiger partial charge in [-0.2, -0.15) is 0 Å². The van der Waals surface area contributed by atoms with Crippen LogP contribution in [-0.4, -0.2) is 16.9 Å². The summed E-state index contributed by atoms with van der Waals surface area (Å²) in [7, 11) is 0. The zero-order chi connectivity index (χ0) is 11.3. The van der Waals surface area contributed by atoms with E-state index in [-0.39, 0.29) is 5.91 Å². The molecule has 0 aliphatic rings. The lowest BCUT2D eigenvalue weighted by Crippen LogP contribution is -2.36. The molecule has 1 aromatic heterocycles. The number of nitrogens with one attached hydrogen (secondary N) is 1. The molecule has 0 fully saturated rings. The first-order valence-electron chi connectivity index (χ1n) is 5.06. The lowest BCUT2D eigenvalue weighted by molar-refractivity contribution is -0.117. The van der Waals surface area contributed by atoms with E-state index >= 15 is 0 Å². The fourth-order valence-electron chi connectivity index (χ4n) is 1.29. The molecule has 0 saturated heterocycles. The predicted molar refractivity (Wildman–Crippen MR) is 60.3 cm³/mol. The molecule has 0 aliphatic carbocycles. The number of amides is 1. The van der Waals surface area contributed by atoms with Gasteiger partial charge in [-0.3, -0.25) is 9.78 Å². The molecule has 1 heterocycles. The van der Waals surface area contributed by atoms with Gasteiger partial charge in [0.15, 0.2) is 0 Å². The average molecular weight is 207 g/mol. The smallest absolute Gasteiger partial charge is 0.241 e. The molecule has 1 atom stereocenters. The second-order valence-corrected chi connectivity index (χ2v) is 3.97. The Morgan fingerprint density at radius 1 is 1.60 bits per heavy atom. The van der Waals surface area contributed by atoms with Gasteiger partial charge in [0.1, 0.15) is 0 Å². The summed E-state index contributed by atoms with van der Waals surface area (Å²) in [6.07, 6.45) is 3.94. The van der Waals surface area contributed by atoms with Crippen LogP contribution in [0.5, 0.6) is 0 Å². The van der Waals surface area contributed by atoms with Gasteiger partial charge in [0.25, 0.3) is 0 Å². The molecule has 3 N–H and O–H groups in total. The Kier molecular flexibility index (Phi) is 4.24. The lowest BCUT2D eigenvalue weighted by atomic mass is 10.0. The monoisotopic (exact) mass is 207 g/mol. The van der Waals surface area contributed by atoms with Crippen LogP contribution in [0.15, 0.2) is 24.5 Å². The molecule has 0 unspecified atom stereocenters. The number of nitrogens with two attached hydrogens (primary N) is 1. The van der Waals surface area contributed by atoms with Crippen molar-refractivity contribution < 1.29 is 4.79 Å². The van der Waals surface area contributed by atoms with Gasteiger partial charge in [-0.15, -0.1) is 0 Å². The van der Waals surface area contributed by atoms with E-state index in [9.17, 15) is 4.79 Å². The third-order valence-corrected chi connectivity index (χ3v) is 1.99. The maximum Gasteiger partial charge on any atom is 0.241 e. The molecule has 82 valence electrons. The van der Waals surface area contributed by atoms with E-state index in [2.05, 4.69) is 10.3 Å². The molecule has 0 aromatic carbocycles. The SMILES string of the molecule is CC(C)C[C@@H](N)C(=O)Nc1cccnc1. The predicted octanol–water partition coefficient (Wildman–Crippen LogP) is 1.39. The minimum atomic E-state index is -0.454. The molecule has 0 aliphatic heterocycles. The molecule has 0 spiro atoms. The van der Waals surface area contributed by atoms with Crippen molar-refractivity contribution >= 4 is 11.6 Å². The van der Waals surface area contributed by atoms with Crippen molar-refractivity contribution in [1.82, 2.24) is 4.98 Å². The third-order valence-electron chi connectivity index (χ3n) is 1.99. The summed E-state index contributed by atoms with van der Waals surface area (Å²) in [5.41, 5.74) is 6.42. The van der Waals surface area contributed by atoms with Crippen LogP contribution < -0.4 is 11.1 Å². The number of carbonyl (C=O) groups excluding carboxylic acids is 1. The van der Waals surface area contributed by atoms with Crippen molar-refractivity contribution in [3.05, 3.63) is 24.5 Å². The van der Waals surface area contributed by atoms with E-state index in [1.807, 2.05) is 13.8 Å². The third kappa shape index (κ3) is 4.08. The summed E-state index contributed by atoms with van der Waals surface area (Å²) in [5.74, 6) is 0.261. The first-order valence-corrected chi connectivity index (χ1v) is 5.06. The minimum absolute atomic E-state index is 0.156. The number of rotatable bonds is 4. The summed E-state index contributed by atoms with van der Waals surface area (Å²) in [5, 5.41) is 2.72. The van der Waals surface area contributed by atoms with Crippen LogP contribution in [-0.2, 0) is 4.79 Å². The van der Waals surface area contributed by atoms with Gasteiger partial charge in [-0.1, -0.05) is 13.8 Å². The molecular weight excluding hydrogens is 190 g/mol. The van der Waals surface area contributed by atoms with E-state index in [0.29, 0.717) is 18.0 Å². The van der Waals surface area contributed by atoms with Gasteiger partial charge >= 0.3 is 0 Å². The highest BCUT2D eigenvalue weighted by Gasteiger charge is 2.14. The fraction of sp³-hybridized carbons (Fsp3) is 0.455. The van der Waals surface area contributed by atoms with Crippen LogP contribution in [0.1, 0.15) is 20.3 Å². The normalized spacial score (nSPS) is 12.5. The molecular formula is C11H17N3O. The van der Waals surface area contributed by atoms with E-state index in [1.165, 1.54) is 0 Å². The zero-order valence-corrected chi connectivity index (χ0v) is 9.10. The maximum atomic E-state index is 11.6. The zero-order valence-electron chi connectivity index (χ0n) is 9.10. The number of aromatic nitrogens is 1. The van der Waals surface area contributed by atoms with Crippen molar-refractivity contribution in [2.24, 2.45) is 11.7 Å². The van der Waals surface area contributed by atoms with E-state index < -0.39 is 6.04 Å². The number of carbonyl (C=O) groups is 1. The van der Waals surface area contributed by atoms with E-state index in [4.69, 9.17) is 5.73 Å². The number of nitrogens with zero attached hydrogens (tertiary/aromatic N) is 1. The Bertz CT molecular complexity index is 311. The van der Waals surface area contributed by atoms with Crippen molar-refractivity contribution in [3.8, 4) is 0 Å². The van der Waals surface area contributed by atoms with Crippen LogP contribution >= 0.6 is 0 Å². The van der Waals surface area contributed by atoms with Crippen molar-refractivity contribution in [2.75, 3.05) is 5.32 Å². The number of hydrogen-bond acceptors (Lipinski definition) is 3. The van der Waals surface area contributed by atoms with Gasteiger partial charge in [0.05, 0.1) is 17.9 Å². The molecule has 1 rings (SSSR count). The summed E-state index contributed by atoms with van der Waals surface area (Å²) in [4.78, 5) is 15.5. The molecule has 4 heteroatoms. The highest BCUT2D eigenvalue weighted by Crippen LogP contribution is 2.07. The second-order valence-electron chi connectivity index (χ2n) is 3.97. The Hall–Kier alpha value is -1.42. The van der Waals surface area contributed by atoms with Crippen LogP contribution in [0.25, 0.3) is 0 Å². The Balaban J connectivity index is 2.49. The summed E-state index contributed by atoms with van der Waals surface area (Å²) < 4.78 is 0. The highest BCUT2D eigenvalue weighted by atomic mass is 16.2. The Morgan fingerprint density at radius 2 is 2.33 bits per heavy atom. The molecule has 15 heavy (non-hydrogen) atoms. The lowest BCUT2D eigenvalue weighted by Gasteiger charge is -2.13. The van der Waals surface area contributed by atoms with E-state index in [0.717, 1.165) is 0 Å². The van der Waals surface area contributed by atoms with Crippen LogP contribution in [0.2, 0.25) is 0 Å². The average Bonchev–Trinajstić information content (AvgIpc) is 2.18. The number of pyridine rings is 1. The molecule has 0 radical (unpaired) electrons. The molecule has 4 nitrogen and oxygen atoms in total. The fourth-order valence-corrected chi connectivity index (χ4v) is 1.29. The number of anilines is 1. The van der Waals surface area contributed by atoms with Crippen LogP contribution in [0.3, 0.4) is 0 Å². The van der Waals surface area contributed by atoms with Gasteiger partial charge in [-0.25, -0.2) is 0 Å². The van der Waals surface area contributed by atoms with Gasteiger partial charge < -0.3 is 11.1 Å². The molecule has 1 amide bonds. The quantitative estimate of drug-likeness (QED) is 0.784. The summed E-state index contributed by atoms with van der Waals surface area (Å²) >= 11 is 0. The van der Waals surface area contributed by atoms with Crippen molar-refractivity contribution in [3.63, 3.8) is 0 Å². The van der Waals surface area contributed by atoms with Gasteiger partial charge in [0, 0.05) is 6.20 Å². The maximum absolute atomic E-state index is 11.6. The largest absolute Gasteiger partial charge is 0.323 e. The first kappa shape index (κ1) is 11.7. The van der Waals surface area contributed by atoms with Crippen molar-refractivity contribution in [2.45, 2.75) is 26.3 Å². The number of hydrogen-bond donors (Lipinski definition) is 2.